The zero-order valence-electron chi connectivity index (χ0n) is 7.91. The van der Waals surface area contributed by atoms with Gasteiger partial charge in [0.1, 0.15) is 12.0 Å². The molecule has 2 rings (SSSR count). The SMILES string of the molecule is ClCc1coc(Oc2ccc(Br)cc2Br)n1. The molecule has 1 aromatic heterocycles. The fourth-order valence-corrected chi connectivity index (χ4v) is 2.30. The topological polar surface area (TPSA) is 35.3 Å². The molecule has 0 aliphatic heterocycles. The summed E-state index contributed by atoms with van der Waals surface area (Å²) in [6, 6.07) is 5.55. The van der Waals surface area contributed by atoms with E-state index in [1.807, 2.05) is 12.1 Å². The van der Waals surface area contributed by atoms with Crippen molar-refractivity contribution in [3.8, 4) is 11.8 Å². The molecule has 0 radical (unpaired) electrons. The van der Waals surface area contributed by atoms with Crippen LogP contribution >= 0.6 is 43.5 Å². The van der Waals surface area contributed by atoms with Gasteiger partial charge in [0.15, 0.2) is 0 Å². The van der Waals surface area contributed by atoms with Crippen molar-refractivity contribution < 1.29 is 9.15 Å². The number of nitrogens with zero attached hydrogens (tertiary/aromatic N) is 1. The first-order chi connectivity index (χ1) is 7.69. The highest BCUT2D eigenvalue weighted by molar-refractivity contribution is 9.11. The molecule has 1 heterocycles. The van der Waals surface area contributed by atoms with Gasteiger partial charge in [0.25, 0.3) is 0 Å². The van der Waals surface area contributed by atoms with Gasteiger partial charge in [0.2, 0.25) is 0 Å². The second-order valence-electron chi connectivity index (χ2n) is 2.92. The fraction of sp³-hybridized carbons (Fsp3) is 0.100. The molecule has 0 unspecified atom stereocenters. The number of aromatic nitrogens is 1. The molecular weight excluding hydrogens is 361 g/mol. The minimum atomic E-state index is 0.179. The van der Waals surface area contributed by atoms with E-state index in [9.17, 15) is 0 Å². The number of hydrogen-bond acceptors (Lipinski definition) is 3. The smallest absolute Gasteiger partial charge is 0.399 e. The summed E-state index contributed by atoms with van der Waals surface area (Å²) in [5.74, 6) is 0.931. The number of halogens is 3. The van der Waals surface area contributed by atoms with E-state index in [-0.39, 0.29) is 6.08 Å². The van der Waals surface area contributed by atoms with E-state index in [1.165, 1.54) is 6.26 Å². The third-order valence-corrected chi connectivity index (χ3v) is 3.15. The molecule has 0 amide bonds. The third kappa shape index (κ3) is 2.78. The summed E-state index contributed by atoms with van der Waals surface area (Å²) >= 11 is 12.3. The van der Waals surface area contributed by atoms with Gasteiger partial charge >= 0.3 is 6.08 Å². The highest BCUT2D eigenvalue weighted by Gasteiger charge is 2.08. The first-order valence-corrected chi connectivity index (χ1v) is 6.44. The Morgan fingerprint density at radius 1 is 1.38 bits per heavy atom. The molecule has 16 heavy (non-hydrogen) atoms. The van der Waals surface area contributed by atoms with Crippen LogP contribution in [0.3, 0.4) is 0 Å². The zero-order chi connectivity index (χ0) is 11.5. The van der Waals surface area contributed by atoms with Crippen molar-refractivity contribution in [2.24, 2.45) is 0 Å². The molecule has 0 bridgehead atoms. The Bertz CT molecular complexity index is 501. The molecule has 84 valence electrons. The molecule has 0 atom stereocenters. The van der Waals surface area contributed by atoms with Crippen LogP contribution in [0.15, 0.2) is 37.8 Å². The van der Waals surface area contributed by atoms with Crippen molar-refractivity contribution in [2.45, 2.75) is 5.88 Å². The maximum Gasteiger partial charge on any atom is 0.399 e. The molecule has 0 aliphatic rings. The summed E-state index contributed by atoms with van der Waals surface area (Å²) in [4.78, 5) is 4.03. The van der Waals surface area contributed by atoms with Crippen LogP contribution in [0.5, 0.6) is 11.8 Å². The largest absolute Gasteiger partial charge is 0.417 e. The Morgan fingerprint density at radius 2 is 2.19 bits per heavy atom. The van der Waals surface area contributed by atoms with Gasteiger partial charge in [-0.2, -0.15) is 4.98 Å². The Kier molecular flexibility index (Phi) is 3.89. The minimum absolute atomic E-state index is 0.179. The summed E-state index contributed by atoms with van der Waals surface area (Å²) in [5, 5.41) is 0. The van der Waals surface area contributed by atoms with E-state index in [1.54, 1.807) is 6.07 Å². The Labute approximate surface area is 114 Å². The van der Waals surface area contributed by atoms with Crippen LogP contribution in [-0.2, 0) is 5.88 Å². The van der Waals surface area contributed by atoms with Crippen molar-refractivity contribution in [1.29, 1.82) is 0 Å². The van der Waals surface area contributed by atoms with Crippen LogP contribution < -0.4 is 4.74 Å². The maximum absolute atomic E-state index is 5.60. The number of hydrogen-bond donors (Lipinski definition) is 0. The van der Waals surface area contributed by atoms with Crippen LogP contribution in [0.2, 0.25) is 0 Å². The molecular formula is C10H6Br2ClNO2. The molecule has 6 heteroatoms. The van der Waals surface area contributed by atoms with Crippen molar-refractivity contribution in [3.05, 3.63) is 39.1 Å². The Balaban J connectivity index is 2.20. The molecule has 0 fully saturated rings. The lowest BCUT2D eigenvalue weighted by Crippen LogP contribution is -1.86. The second kappa shape index (κ2) is 5.21. The van der Waals surface area contributed by atoms with E-state index in [0.29, 0.717) is 17.3 Å². The lowest BCUT2D eigenvalue weighted by atomic mass is 10.3. The lowest BCUT2D eigenvalue weighted by Gasteiger charge is -2.03. The van der Waals surface area contributed by atoms with Crippen LogP contribution in [0.1, 0.15) is 5.69 Å². The van der Waals surface area contributed by atoms with Gasteiger partial charge in [-0.15, -0.1) is 11.6 Å². The highest BCUT2D eigenvalue weighted by atomic mass is 79.9. The summed E-state index contributed by atoms with van der Waals surface area (Å²) < 4.78 is 12.3. The van der Waals surface area contributed by atoms with Crippen LogP contribution in [0.4, 0.5) is 0 Å². The van der Waals surface area contributed by atoms with Crippen molar-refractivity contribution >= 4 is 43.5 Å². The van der Waals surface area contributed by atoms with E-state index < -0.39 is 0 Å². The molecule has 1 aromatic carbocycles. The summed E-state index contributed by atoms with van der Waals surface area (Å²) in [5.41, 5.74) is 0.643. The van der Waals surface area contributed by atoms with Crippen LogP contribution in [0.25, 0.3) is 0 Å². The van der Waals surface area contributed by atoms with Crippen LogP contribution in [-0.4, -0.2) is 4.98 Å². The molecule has 0 N–H and O–H groups in total. The predicted octanol–water partition coefficient (Wildman–Crippen LogP) is 4.73. The van der Waals surface area contributed by atoms with Gasteiger partial charge in [-0.3, -0.25) is 0 Å². The zero-order valence-corrected chi connectivity index (χ0v) is 11.8. The predicted molar refractivity (Wildman–Crippen MR) is 68.0 cm³/mol. The molecule has 3 nitrogen and oxygen atoms in total. The molecule has 0 saturated carbocycles. The van der Waals surface area contributed by atoms with Crippen molar-refractivity contribution in [2.75, 3.05) is 0 Å². The van der Waals surface area contributed by atoms with Crippen molar-refractivity contribution in [3.63, 3.8) is 0 Å². The Morgan fingerprint density at radius 3 is 2.81 bits per heavy atom. The standard InChI is InChI=1S/C10H6Br2ClNO2/c11-6-1-2-9(8(12)3-6)16-10-14-7(4-13)5-15-10/h1-3,5H,4H2. The third-order valence-electron chi connectivity index (χ3n) is 1.76. The summed E-state index contributed by atoms with van der Waals surface area (Å²) in [7, 11) is 0. The minimum Gasteiger partial charge on any atom is -0.417 e. The number of ether oxygens (including phenoxy) is 1. The van der Waals surface area contributed by atoms with Gasteiger partial charge in [-0.05, 0) is 34.1 Å². The van der Waals surface area contributed by atoms with Crippen LogP contribution in [0, 0.1) is 0 Å². The monoisotopic (exact) mass is 365 g/mol. The second-order valence-corrected chi connectivity index (χ2v) is 4.95. The fourth-order valence-electron chi connectivity index (χ4n) is 1.05. The van der Waals surface area contributed by atoms with Gasteiger partial charge in [0, 0.05) is 4.47 Å². The highest BCUT2D eigenvalue weighted by Crippen LogP contribution is 2.31. The number of alkyl halides is 1. The maximum atomic E-state index is 5.60. The quantitative estimate of drug-likeness (QED) is 0.736. The van der Waals surface area contributed by atoms with Gasteiger partial charge in [-0.25, -0.2) is 0 Å². The molecule has 2 aromatic rings. The Hall–Kier alpha value is -0.520. The molecule has 0 spiro atoms. The number of rotatable bonds is 3. The average molecular weight is 367 g/mol. The lowest BCUT2D eigenvalue weighted by molar-refractivity contribution is 0.329. The summed E-state index contributed by atoms with van der Waals surface area (Å²) in [6.07, 6.45) is 1.65. The van der Waals surface area contributed by atoms with Gasteiger partial charge in [0.05, 0.1) is 16.0 Å². The van der Waals surface area contributed by atoms with E-state index in [0.717, 1.165) is 8.95 Å². The summed E-state index contributed by atoms with van der Waals surface area (Å²) in [6.45, 7) is 0. The number of oxazole rings is 1. The first kappa shape index (κ1) is 12.0. The molecule has 0 saturated heterocycles. The van der Waals surface area contributed by atoms with E-state index >= 15 is 0 Å². The molecule has 0 aliphatic carbocycles. The van der Waals surface area contributed by atoms with Crippen molar-refractivity contribution in [1.82, 2.24) is 4.98 Å². The van der Waals surface area contributed by atoms with E-state index in [4.69, 9.17) is 20.8 Å². The number of benzene rings is 1. The average Bonchev–Trinajstić information content (AvgIpc) is 2.70. The normalized spacial score (nSPS) is 10.4. The van der Waals surface area contributed by atoms with Gasteiger partial charge in [-0.1, -0.05) is 15.9 Å². The van der Waals surface area contributed by atoms with E-state index in [2.05, 4.69) is 36.8 Å². The van der Waals surface area contributed by atoms with Gasteiger partial charge < -0.3 is 9.15 Å². The first-order valence-electron chi connectivity index (χ1n) is 4.32.